The maximum Gasteiger partial charge on any atom is 0.361 e. The van der Waals surface area contributed by atoms with E-state index in [4.69, 9.17) is 18.9 Å². The third kappa shape index (κ3) is 73.3. The molecule has 0 amide bonds. The highest BCUT2D eigenvalue weighted by molar-refractivity contribution is 5.71. The molecular weight excluding hydrogens is 1100 g/mol. The standard InChI is InChI=1S/C80H155NO8/c1-6-8-10-12-14-16-18-20-22-24-26-28-30-31-32-33-34-35-36-37-38-39-40-41-42-43-44-45-46-47-49-50-52-54-56-58-60-62-64-66-68-70-77(82)87-74-76(75-88-80(79(84)85)86-73-72-81(3,4)5)89-78(83)71-69-67-65-63-61-59-57-55-53-51-48-29-27-25-23-21-19-17-15-13-11-9-7-2/h25,27,76,80H,6-24,26,28-75H2,1-5H3/p+1/b27-25-. The van der Waals surface area contributed by atoms with Crippen molar-refractivity contribution in [1.82, 2.24) is 0 Å². The SMILES string of the molecule is CCCCCCCCCC/C=C\CCCCCCCCCCCCCC(=O)OC(COC(=O)CCCCCCCCCCCCCCCCCCCCCCCCCCCCCCCCCCCCCCCCCCC)COC(OCC[N+](C)(C)C)C(=O)O. The van der Waals surface area contributed by atoms with Crippen molar-refractivity contribution in [2.24, 2.45) is 0 Å². The highest BCUT2D eigenvalue weighted by atomic mass is 16.7. The van der Waals surface area contributed by atoms with E-state index in [-0.39, 0.29) is 38.2 Å². The van der Waals surface area contributed by atoms with Gasteiger partial charge in [0.05, 0.1) is 34.4 Å². The number of quaternary nitrogens is 1. The Bertz CT molecular complexity index is 1460. The number of esters is 2. The molecule has 0 heterocycles. The van der Waals surface area contributed by atoms with E-state index >= 15 is 0 Å². The molecule has 9 heteroatoms. The fraction of sp³-hybridized carbons (Fsp3) is 0.938. The van der Waals surface area contributed by atoms with Crippen molar-refractivity contribution in [1.29, 1.82) is 0 Å². The fourth-order valence-electron chi connectivity index (χ4n) is 12.4. The number of carboxylic acid groups (broad SMARTS) is 1. The second-order valence-electron chi connectivity index (χ2n) is 28.7. The van der Waals surface area contributed by atoms with Crippen LogP contribution in [-0.2, 0) is 33.3 Å². The summed E-state index contributed by atoms with van der Waals surface area (Å²) >= 11 is 0. The molecule has 89 heavy (non-hydrogen) atoms. The van der Waals surface area contributed by atoms with Crippen molar-refractivity contribution in [3.05, 3.63) is 12.2 Å². The van der Waals surface area contributed by atoms with E-state index in [2.05, 4.69) is 26.0 Å². The Morgan fingerprint density at radius 3 is 0.831 bits per heavy atom. The first-order chi connectivity index (χ1) is 43.6. The molecule has 0 aliphatic rings. The highest BCUT2D eigenvalue weighted by Crippen LogP contribution is 2.20. The molecule has 0 rings (SSSR count). The van der Waals surface area contributed by atoms with Crippen LogP contribution < -0.4 is 0 Å². The van der Waals surface area contributed by atoms with Crippen LogP contribution >= 0.6 is 0 Å². The molecule has 9 nitrogen and oxygen atoms in total. The van der Waals surface area contributed by atoms with E-state index in [0.29, 0.717) is 17.4 Å². The van der Waals surface area contributed by atoms with Gasteiger partial charge >= 0.3 is 17.9 Å². The molecule has 0 radical (unpaired) electrons. The molecule has 0 fully saturated rings. The Labute approximate surface area is 555 Å². The summed E-state index contributed by atoms with van der Waals surface area (Å²) in [7, 11) is 6.00. The average molecular weight is 1260 g/mol. The molecule has 0 aromatic carbocycles. The van der Waals surface area contributed by atoms with Crippen molar-refractivity contribution < 1.29 is 42.9 Å². The predicted octanol–water partition coefficient (Wildman–Crippen LogP) is 25.2. The Morgan fingerprint density at radius 1 is 0.326 bits per heavy atom. The van der Waals surface area contributed by atoms with E-state index in [0.717, 1.165) is 38.5 Å². The van der Waals surface area contributed by atoms with Crippen LogP contribution in [0.15, 0.2) is 12.2 Å². The monoisotopic (exact) mass is 1260 g/mol. The van der Waals surface area contributed by atoms with Crippen molar-refractivity contribution >= 4 is 17.9 Å². The Hall–Kier alpha value is -1.97. The van der Waals surface area contributed by atoms with Crippen LogP contribution in [0.3, 0.4) is 0 Å². The van der Waals surface area contributed by atoms with Crippen molar-refractivity contribution in [3.63, 3.8) is 0 Å². The van der Waals surface area contributed by atoms with Gasteiger partial charge in [-0.3, -0.25) is 9.59 Å². The number of carbonyl (C=O) groups is 3. The molecule has 1 N–H and O–H groups in total. The molecule has 2 atom stereocenters. The van der Waals surface area contributed by atoms with Gasteiger partial charge in [-0.1, -0.05) is 386 Å². The lowest BCUT2D eigenvalue weighted by atomic mass is 10.0. The number of carboxylic acids is 1. The number of allylic oxidation sites excluding steroid dienone is 2. The minimum atomic E-state index is -1.51. The number of hydrogen-bond acceptors (Lipinski definition) is 7. The van der Waals surface area contributed by atoms with E-state index in [9.17, 15) is 19.5 Å². The van der Waals surface area contributed by atoms with Gasteiger partial charge < -0.3 is 28.5 Å². The molecule has 528 valence electrons. The summed E-state index contributed by atoms with van der Waals surface area (Å²) in [6.07, 6.45) is 86.7. The molecular formula is C80H156NO8+. The first kappa shape index (κ1) is 87.0. The predicted molar refractivity (Wildman–Crippen MR) is 383 cm³/mol. The summed E-state index contributed by atoms with van der Waals surface area (Å²) in [5, 5.41) is 9.76. The van der Waals surface area contributed by atoms with Crippen molar-refractivity contribution in [2.75, 3.05) is 47.5 Å². The maximum absolute atomic E-state index is 12.9. The fourth-order valence-corrected chi connectivity index (χ4v) is 12.4. The van der Waals surface area contributed by atoms with Crippen LogP contribution in [-0.4, -0.2) is 87.4 Å². The van der Waals surface area contributed by atoms with Gasteiger partial charge in [0.2, 0.25) is 0 Å². The lowest BCUT2D eigenvalue weighted by molar-refractivity contribution is -0.870. The zero-order valence-corrected chi connectivity index (χ0v) is 60.6. The van der Waals surface area contributed by atoms with E-state index in [1.807, 2.05) is 21.1 Å². The normalized spacial score (nSPS) is 12.6. The van der Waals surface area contributed by atoms with Gasteiger partial charge in [-0.2, -0.15) is 0 Å². The lowest BCUT2D eigenvalue weighted by Gasteiger charge is -2.25. The summed E-state index contributed by atoms with van der Waals surface area (Å²) in [5.41, 5.74) is 0. The minimum absolute atomic E-state index is 0.175. The second-order valence-corrected chi connectivity index (χ2v) is 28.7. The highest BCUT2D eigenvalue weighted by Gasteiger charge is 2.25. The number of aliphatic carboxylic acids is 1. The Morgan fingerprint density at radius 2 is 0.573 bits per heavy atom. The molecule has 0 saturated heterocycles. The van der Waals surface area contributed by atoms with Crippen LogP contribution in [0.1, 0.15) is 425 Å². The number of unbranched alkanes of at least 4 members (excludes halogenated alkanes) is 59. The van der Waals surface area contributed by atoms with Crippen molar-refractivity contribution in [3.8, 4) is 0 Å². The zero-order chi connectivity index (χ0) is 64.7. The van der Waals surface area contributed by atoms with Crippen LogP contribution in [0.4, 0.5) is 0 Å². The number of likely N-dealkylation sites (N-methyl/N-ethyl adjacent to an activating group) is 1. The molecule has 0 aliphatic carbocycles. The molecule has 0 spiro atoms. The van der Waals surface area contributed by atoms with Gasteiger partial charge in [-0.05, 0) is 38.5 Å². The molecule has 2 unspecified atom stereocenters. The van der Waals surface area contributed by atoms with Gasteiger partial charge in [-0.25, -0.2) is 4.79 Å². The Balaban J connectivity index is 3.89. The molecule has 0 aliphatic heterocycles. The van der Waals surface area contributed by atoms with E-state index in [1.54, 1.807) is 0 Å². The maximum atomic E-state index is 12.9. The van der Waals surface area contributed by atoms with Crippen LogP contribution in [0.2, 0.25) is 0 Å². The second kappa shape index (κ2) is 71.9. The summed E-state index contributed by atoms with van der Waals surface area (Å²) < 4.78 is 23.0. The summed E-state index contributed by atoms with van der Waals surface area (Å²) in [6, 6.07) is 0. The van der Waals surface area contributed by atoms with Gasteiger partial charge in [-0.15, -0.1) is 0 Å². The van der Waals surface area contributed by atoms with E-state index in [1.165, 1.54) is 360 Å². The summed E-state index contributed by atoms with van der Waals surface area (Å²) in [5.74, 6) is -1.97. The molecule has 0 bridgehead atoms. The van der Waals surface area contributed by atoms with Crippen LogP contribution in [0, 0.1) is 0 Å². The van der Waals surface area contributed by atoms with Crippen LogP contribution in [0.5, 0.6) is 0 Å². The van der Waals surface area contributed by atoms with Gasteiger partial charge in [0, 0.05) is 12.8 Å². The number of ether oxygens (including phenoxy) is 4. The number of nitrogens with zero attached hydrogens (tertiary/aromatic N) is 1. The average Bonchev–Trinajstić information content (AvgIpc) is 3.64. The molecule has 0 aromatic rings. The number of hydrogen-bond donors (Lipinski definition) is 1. The molecule has 0 saturated carbocycles. The van der Waals surface area contributed by atoms with Gasteiger partial charge in [0.25, 0.3) is 6.29 Å². The Kier molecular flexibility index (Phi) is 70.3. The van der Waals surface area contributed by atoms with Crippen molar-refractivity contribution in [2.45, 2.75) is 437 Å². The third-order valence-corrected chi connectivity index (χ3v) is 18.5. The topological polar surface area (TPSA) is 108 Å². The summed E-state index contributed by atoms with van der Waals surface area (Å²) in [6.45, 7) is 4.96. The third-order valence-electron chi connectivity index (χ3n) is 18.5. The first-order valence-electron chi connectivity index (χ1n) is 39.9. The largest absolute Gasteiger partial charge is 0.477 e. The lowest BCUT2D eigenvalue weighted by Crippen LogP contribution is -2.40. The van der Waals surface area contributed by atoms with Crippen LogP contribution in [0.25, 0.3) is 0 Å². The minimum Gasteiger partial charge on any atom is -0.477 e. The summed E-state index contributed by atoms with van der Waals surface area (Å²) in [4.78, 5) is 37.7. The number of carbonyl (C=O) groups excluding carboxylic acids is 2. The quantitative estimate of drug-likeness (QED) is 0.0211. The van der Waals surface area contributed by atoms with Gasteiger partial charge in [0.1, 0.15) is 13.2 Å². The van der Waals surface area contributed by atoms with Gasteiger partial charge in [0.15, 0.2) is 6.10 Å². The zero-order valence-electron chi connectivity index (χ0n) is 60.6. The molecule has 0 aromatic heterocycles. The number of rotatable bonds is 76. The first-order valence-corrected chi connectivity index (χ1v) is 39.9. The van der Waals surface area contributed by atoms with E-state index < -0.39 is 18.4 Å². The smallest absolute Gasteiger partial charge is 0.361 e.